The summed E-state index contributed by atoms with van der Waals surface area (Å²) in [6.45, 7) is 2.11. The summed E-state index contributed by atoms with van der Waals surface area (Å²) in [5, 5.41) is 12.1. The molecule has 0 aliphatic heterocycles. The Bertz CT molecular complexity index is 502. The van der Waals surface area contributed by atoms with Crippen LogP contribution in [-0.2, 0) is 6.18 Å². The highest BCUT2D eigenvalue weighted by atomic mass is 19.4. The Hall–Kier alpha value is -1.70. The summed E-state index contributed by atoms with van der Waals surface area (Å²) in [5.41, 5.74) is -0.230. The van der Waals surface area contributed by atoms with E-state index >= 15 is 0 Å². The number of hydrogen-bond donors (Lipinski definition) is 1. The van der Waals surface area contributed by atoms with Crippen LogP contribution in [0.1, 0.15) is 37.3 Å². The molecule has 1 N–H and O–H groups in total. The molecule has 1 fully saturated rings. The maximum absolute atomic E-state index is 12.5. The molecule has 1 saturated carbocycles. The number of nitrogens with zero attached hydrogens (tertiary/aromatic N) is 1. The topological polar surface area (TPSA) is 35.8 Å². The highest BCUT2D eigenvalue weighted by Gasteiger charge is 2.37. The summed E-state index contributed by atoms with van der Waals surface area (Å²) >= 11 is 0. The van der Waals surface area contributed by atoms with E-state index in [1.165, 1.54) is 6.07 Å². The van der Waals surface area contributed by atoms with E-state index in [2.05, 4.69) is 12.2 Å². The van der Waals surface area contributed by atoms with Gasteiger partial charge in [-0.15, -0.1) is 0 Å². The van der Waals surface area contributed by atoms with Crippen molar-refractivity contribution in [1.29, 1.82) is 5.26 Å². The van der Waals surface area contributed by atoms with Crippen LogP contribution in [-0.4, -0.2) is 6.04 Å². The summed E-state index contributed by atoms with van der Waals surface area (Å²) in [4.78, 5) is 0. The molecule has 0 heterocycles. The van der Waals surface area contributed by atoms with Crippen molar-refractivity contribution in [2.45, 2.75) is 38.4 Å². The molecule has 0 amide bonds. The van der Waals surface area contributed by atoms with Gasteiger partial charge in [-0.3, -0.25) is 0 Å². The van der Waals surface area contributed by atoms with Crippen LogP contribution >= 0.6 is 0 Å². The molecule has 0 aromatic heterocycles. The van der Waals surface area contributed by atoms with Crippen LogP contribution in [0.25, 0.3) is 0 Å². The number of nitriles is 1. The zero-order chi connectivity index (χ0) is 14.0. The maximum atomic E-state index is 12.5. The second kappa shape index (κ2) is 5.12. The van der Waals surface area contributed by atoms with Crippen molar-refractivity contribution in [3.63, 3.8) is 0 Å². The van der Waals surface area contributed by atoms with Gasteiger partial charge in [-0.2, -0.15) is 18.4 Å². The van der Waals surface area contributed by atoms with Gasteiger partial charge in [0.05, 0.1) is 16.8 Å². The van der Waals surface area contributed by atoms with Crippen LogP contribution in [0.2, 0.25) is 0 Å². The molecule has 2 unspecified atom stereocenters. The third-order valence-electron chi connectivity index (χ3n) is 3.39. The average Bonchev–Trinajstić information content (AvgIpc) is 3.07. The van der Waals surface area contributed by atoms with E-state index in [0.717, 1.165) is 31.4 Å². The number of nitrogens with one attached hydrogen (secondary N) is 1. The van der Waals surface area contributed by atoms with Crippen LogP contribution in [0, 0.1) is 17.2 Å². The van der Waals surface area contributed by atoms with E-state index < -0.39 is 11.7 Å². The molecule has 1 aliphatic carbocycles. The summed E-state index contributed by atoms with van der Waals surface area (Å²) < 4.78 is 37.6. The second-order valence-electron chi connectivity index (χ2n) is 4.91. The Balaban J connectivity index is 2.12. The molecular formula is C14H15F3N2. The minimum absolute atomic E-state index is 0.0528. The monoisotopic (exact) mass is 268 g/mol. The van der Waals surface area contributed by atoms with E-state index in [1.807, 2.05) is 6.07 Å². The predicted molar refractivity (Wildman–Crippen MR) is 66.6 cm³/mol. The molecule has 2 nitrogen and oxygen atoms in total. The molecule has 19 heavy (non-hydrogen) atoms. The van der Waals surface area contributed by atoms with Gasteiger partial charge in [-0.05, 0) is 37.0 Å². The largest absolute Gasteiger partial charge is 0.416 e. The van der Waals surface area contributed by atoms with Gasteiger partial charge in [-0.1, -0.05) is 13.3 Å². The van der Waals surface area contributed by atoms with Crippen molar-refractivity contribution >= 4 is 5.69 Å². The first-order valence-electron chi connectivity index (χ1n) is 6.33. The van der Waals surface area contributed by atoms with E-state index in [4.69, 9.17) is 5.26 Å². The molecule has 5 heteroatoms. The first kappa shape index (κ1) is 13.7. The Morgan fingerprint density at radius 1 is 1.42 bits per heavy atom. The van der Waals surface area contributed by atoms with Crippen molar-refractivity contribution in [1.82, 2.24) is 0 Å². The minimum atomic E-state index is -4.41. The van der Waals surface area contributed by atoms with Crippen LogP contribution in [0.5, 0.6) is 0 Å². The van der Waals surface area contributed by atoms with Gasteiger partial charge in [-0.25, -0.2) is 0 Å². The summed E-state index contributed by atoms with van der Waals surface area (Å²) in [7, 11) is 0. The molecule has 2 atom stereocenters. The lowest BCUT2D eigenvalue weighted by atomic mass is 10.1. The Kier molecular flexibility index (Phi) is 3.70. The van der Waals surface area contributed by atoms with Crippen LogP contribution in [0.15, 0.2) is 18.2 Å². The van der Waals surface area contributed by atoms with Crippen molar-refractivity contribution in [2.24, 2.45) is 5.92 Å². The van der Waals surface area contributed by atoms with Gasteiger partial charge in [0.25, 0.3) is 0 Å². The third-order valence-corrected chi connectivity index (χ3v) is 3.39. The SMILES string of the molecule is CCCC1CC1Nc1ccc(C(F)(F)F)cc1C#N. The molecule has 2 rings (SSSR count). The third kappa shape index (κ3) is 3.19. The van der Waals surface area contributed by atoms with Gasteiger partial charge in [0.1, 0.15) is 6.07 Å². The van der Waals surface area contributed by atoms with Crippen LogP contribution in [0.3, 0.4) is 0 Å². The Morgan fingerprint density at radius 3 is 2.74 bits per heavy atom. The number of rotatable bonds is 4. The number of alkyl halides is 3. The van der Waals surface area contributed by atoms with Gasteiger partial charge in [0, 0.05) is 6.04 Å². The number of benzene rings is 1. The zero-order valence-corrected chi connectivity index (χ0v) is 10.6. The molecular weight excluding hydrogens is 253 g/mol. The smallest absolute Gasteiger partial charge is 0.381 e. The van der Waals surface area contributed by atoms with Crippen molar-refractivity contribution in [3.8, 4) is 6.07 Å². The summed E-state index contributed by atoms with van der Waals surface area (Å²) in [6, 6.07) is 5.39. The Labute approximate surface area is 110 Å². The van der Waals surface area contributed by atoms with Gasteiger partial charge >= 0.3 is 6.18 Å². The molecule has 1 aliphatic rings. The predicted octanol–water partition coefficient (Wildman–Crippen LogP) is 4.18. The lowest BCUT2D eigenvalue weighted by molar-refractivity contribution is -0.137. The highest BCUT2D eigenvalue weighted by molar-refractivity contribution is 5.60. The molecule has 1 aromatic rings. The van der Waals surface area contributed by atoms with Crippen LogP contribution < -0.4 is 5.32 Å². The van der Waals surface area contributed by atoms with E-state index in [-0.39, 0.29) is 5.56 Å². The summed E-state index contributed by atoms with van der Waals surface area (Å²) in [6.07, 6.45) is -1.17. The van der Waals surface area contributed by atoms with Crippen LogP contribution in [0.4, 0.5) is 18.9 Å². The fourth-order valence-corrected chi connectivity index (χ4v) is 2.25. The highest BCUT2D eigenvalue weighted by Crippen LogP contribution is 2.38. The number of anilines is 1. The number of hydrogen-bond acceptors (Lipinski definition) is 2. The minimum Gasteiger partial charge on any atom is -0.381 e. The molecule has 0 spiro atoms. The number of halogens is 3. The quantitative estimate of drug-likeness (QED) is 0.889. The molecule has 0 saturated heterocycles. The lowest BCUT2D eigenvalue weighted by Gasteiger charge is -2.11. The fraction of sp³-hybridized carbons (Fsp3) is 0.500. The molecule has 0 bridgehead atoms. The first-order valence-corrected chi connectivity index (χ1v) is 6.33. The lowest BCUT2D eigenvalue weighted by Crippen LogP contribution is -2.09. The summed E-state index contributed by atoms with van der Waals surface area (Å²) in [5.74, 6) is 0.582. The van der Waals surface area contributed by atoms with E-state index in [9.17, 15) is 13.2 Å². The normalized spacial score (nSPS) is 21.8. The Morgan fingerprint density at radius 2 is 2.16 bits per heavy atom. The standard InChI is InChI=1S/C14H15F3N2/c1-2-3-9-7-13(9)19-12-5-4-11(14(15,16)17)6-10(12)8-18/h4-6,9,13,19H,2-3,7H2,1H3. The first-order chi connectivity index (χ1) is 8.95. The van der Waals surface area contributed by atoms with Crippen molar-refractivity contribution in [2.75, 3.05) is 5.32 Å². The van der Waals surface area contributed by atoms with Crippen molar-refractivity contribution < 1.29 is 13.2 Å². The van der Waals surface area contributed by atoms with Gasteiger partial charge in [0.2, 0.25) is 0 Å². The van der Waals surface area contributed by atoms with E-state index in [0.29, 0.717) is 17.6 Å². The second-order valence-corrected chi connectivity index (χ2v) is 4.91. The molecule has 0 radical (unpaired) electrons. The molecule has 102 valence electrons. The molecule has 1 aromatic carbocycles. The van der Waals surface area contributed by atoms with E-state index in [1.54, 1.807) is 0 Å². The van der Waals surface area contributed by atoms with Crippen molar-refractivity contribution in [3.05, 3.63) is 29.3 Å². The average molecular weight is 268 g/mol. The van der Waals surface area contributed by atoms with Gasteiger partial charge in [0.15, 0.2) is 0 Å². The van der Waals surface area contributed by atoms with Gasteiger partial charge < -0.3 is 5.32 Å². The fourth-order valence-electron chi connectivity index (χ4n) is 2.25. The maximum Gasteiger partial charge on any atom is 0.416 e. The zero-order valence-electron chi connectivity index (χ0n) is 10.6.